The first kappa shape index (κ1) is 19.6. The lowest BCUT2D eigenvalue weighted by molar-refractivity contribution is -0.126. The van der Waals surface area contributed by atoms with E-state index >= 15 is 0 Å². The van der Waals surface area contributed by atoms with Gasteiger partial charge in [-0.3, -0.25) is 4.79 Å². The van der Waals surface area contributed by atoms with Crippen LogP contribution in [0.2, 0.25) is 0 Å². The Balaban J connectivity index is 1.52. The van der Waals surface area contributed by atoms with Crippen molar-refractivity contribution in [2.75, 3.05) is 25.6 Å². The van der Waals surface area contributed by atoms with Gasteiger partial charge in [0, 0.05) is 25.3 Å². The van der Waals surface area contributed by atoms with E-state index in [-0.39, 0.29) is 12.5 Å². The predicted molar refractivity (Wildman–Crippen MR) is 107 cm³/mol. The molecule has 7 nitrogen and oxygen atoms in total. The zero-order valence-electron chi connectivity index (χ0n) is 16.3. The second-order valence-electron chi connectivity index (χ2n) is 6.67. The molecule has 3 rings (SSSR count). The molecule has 3 aromatic rings. The van der Waals surface area contributed by atoms with E-state index < -0.39 is 6.04 Å². The minimum atomic E-state index is -0.407. The molecule has 1 heterocycles. The molecule has 0 radical (unpaired) electrons. The van der Waals surface area contributed by atoms with Crippen molar-refractivity contribution in [3.63, 3.8) is 0 Å². The number of benzene rings is 2. The van der Waals surface area contributed by atoms with Gasteiger partial charge in [0.05, 0.1) is 6.61 Å². The lowest BCUT2D eigenvalue weighted by atomic mass is 10.2. The third-order valence-electron chi connectivity index (χ3n) is 4.18. The Hall–Kier alpha value is -3.19. The predicted octanol–water partition coefficient (Wildman–Crippen LogP) is 3.20. The fourth-order valence-corrected chi connectivity index (χ4v) is 2.62. The van der Waals surface area contributed by atoms with Crippen molar-refractivity contribution in [3.8, 4) is 11.4 Å². The van der Waals surface area contributed by atoms with Crippen LogP contribution in [0, 0.1) is 0 Å². The molecule has 0 saturated heterocycles. The van der Waals surface area contributed by atoms with Crippen LogP contribution in [0.15, 0.2) is 59.1 Å². The minimum absolute atomic E-state index is 0.0355. The molecule has 0 bridgehead atoms. The Morgan fingerprint density at radius 3 is 2.54 bits per heavy atom. The van der Waals surface area contributed by atoms with Crippen LogP contribution in [-0.4, -0.2) is 36.8 Å². The van der Waals surface area contributed by atoms with Gasteiger partial charge >= 0.3 is 0 Å². The van der Waals surface area contributed by atoms with Crippen LogP contribution < -0.4 is 10.2 Å². The maximum atomic E-state index is 12.1. The zero-order valence-corrected chi connectivity index (χ0v) is 16.3. The summed E-state index contributed by atoms with van der Waals surface area (Å²) >= 11 is 0. The molecule has 2 aromatic carbocycles. The summed E-state index contributed by atoms with van der Waals surface area (Å²) in [6, 6.07) is 17.1. The molecule has 1 aromatic heterocycles. The average molecular weight is 380 g/mol. The van der Waals surface area contributed by atoms with Crippen LogP contribution in [0.3, 0.4) is 0 Å². The number of amides is 1. The second-order valence-corrected chi connectivity index (χ2v) is 6.67. The molecular weight excluding hydrogens is 356 g/mol. The van der Waals surface area contributed by atoms with Gasteiger partial charge in [0.15, 0.2) is 0 Å². The molecule has 0 unspecified atom stereocenters. The zero-order chi connectivity index (χ0) is 19.9. The molecule has 1 amide bonds. The highest BCUT2D eigenvalue weighted by atomic mass is 16.5. The number of ether oxygens (including phenoxy) is 1. The van der Waals surface area contributed by atoms with Crippen molar-refractivity contribution in [1.82, 2.24) is 15.5 Å². The fraction of sp³-hybridized carbons (Fsp3) is 0.286. The molecule has 146 valence electrons. The number of nitrogens with one attached hydrogen (secondary N) is 1. The highest BCUT2D eigenvalue weighted by Crippen LogP contribution is 2.21. The van der Waals surface area contributed by atoms with Crippen LogP contribution in [0.5, 0.6) is 0 Å². The summed E-state index contributed by atoms with van der Waals surface area (Å²) in [7, 11) is 3.96. The van der Waals surface area contributed by atoms with Gasteiger partial charge in [0.1, 0.15) is 12.6 Å². The molecule has 0 saturated carbocycles. The van der Waals surface area contributed by atoms with Crippen molar-refractivity contribution in [1.29, 1.82) is 0 Å². The Labute approximate surface area is 164 Å². The molecule has 0 aliphatic rings. The van der Waals surface area contributed by atoms with E-state index in [9.17, 15) is 4.79 Å². The lowest BCUT2D eigenvalue weighted by Gasteiger charge is -2.11. The summed E-state index contributed by atoms with van der Waals surface area (Å²) in [4.78, 5) is 18.5. The van der Waals surface area contributed by atoms with E-state index in [1.165, 1.54) is 0 Å². The second kappa shape index (κ2) is 9.14. The molecular formula is C21H24N4O3. The van der Waals surface area contributed by atoms with Crippen LogP contribution in [-0.2, 0) is 16.1 Å². The van der Waals surface area contributed by atoms with E-state index in [2.05, 4.69) is 15.5 Å². The highest BCUT2D eigenvalue weighted by molar-refractivity contribution is 5.77. The van der Waals surface area contributed by atoms with Crippen LogP contribution >= 0.6 is 0 Å². The van der Waals surface area contributed by atoms with Crippen LogP contribution in [0.1, 0.15) is 24.4 Å². The Kier molecular flexibility index (Phi) is 6.39. The lowest BCUT2D eigenvalue weighted by Crippen LogP contribution is -2.30. The SMILES string of the molecule is C[C@@H](NC(=O)COCc1ccccc1)c1nc(-c2ccc(N(C)C)cc2)no1. The summed E-state index contributed by atoms with van der Waals surface area (Å²) < 4.78 is 10.7. The molecule has 0 spiro atoms. The summed E-state index contributed by atoms with van der Waals surface area (Å²) in [5.74, 6) is 0.600. The maximum Gasteiger partial charge on any atom is 0.249 e. The number of hydrogen-bond acceptors (Lipinski definition) is 6. The Morgan fingerprint density at radius 1 is 1.14 bits per heavy atom. The summed E-state index contributed by atoms with van der Waals surface area (Å²) in [5, 5.41) is 6.81. The van der Waals surface area contributed by atoms with Gasteiger partial charge in [-0.2, -0.15) is 4.98 Å². The molecule has 1 atom stereocenters. The Morgan fingerprint density at radius 2 is 1.86 bits per heavy atom. The number of rotatable bonds is 8. The monoisotopic (exact) mass is 380 g/mol. The normalized spacial score (nSPS) is 11.8. The van der Waals surface area contributed by atoms with Crippen molar-refractivity contribution >= 4 is 11.6 Å². The average Bonchev–Trinajstić information content (AvgIpc) is 3.19. The van der Waals surface area contributed by atoms with Gasteiger partial charge in [-0.1, -0.05) is 35.5 Å². The van der Waals surface area contributed by atoms with Gasteiger partial charge in [0.2, 0.25) is 17.6 Å². The fourth-order valence-electron chi connectivity index (χ4n) is 2.62. The van der Waals surface area contributed by atoms with E-state index in [0.29, 0.717) is 18.3 Å². The minimum Gasteiger partial charge on any atom is -0.378 e. The topological polar surface area (TPSA) is 80.5 Å². The first-order chi connectivity index (χ1) is 13.5. The smallest absolute Gasteiger partial charge is 0.249 e. The van der Waals surface area contributed by atoms with Crippen LogP contribution in [0.25, 0.3) is 11.4 Å². The number of anilines is 1. The van der Waals surface area contributed by atoms with Crippen LogP contribution in [0.4, 0.5) is 5.69 Å². The summed E-state index contributed by atoms with van der Waals surface area (Å²) in [5.41, 5.74) is 2.96. The van der Waals surface area contributed by atoms with E-state index in [1.54, 1.807) is 6.92 Å². The molecule has 0 fully saturated rings. The van der Waals surface area contributed by atoms with E-state index in [1.807, 2.05) is 73.6 Å². The van der Waals surface area contributed by atoms with Gasteiger partial charge in [0.25, 0.3) is 0 Å². The third-order valence-corrected chi connectivity index (χ3v) is 4.18. The molecule has 7 heteroatoms. The Bertz CT molecular complexity index is 892. The van der Waals surface area contributed by atoms with Gasteiger partial charge in [-0.15, -0.1) is 0 Å². The number of hydrogen-bond donors (Lipinski definition) is 1. The molecule has 28 heavy (non-hydrogen) atoms. The largest absolute Gasteiger partial charge is 0.378 e. The number of nitrogens with zero attached hydrogens (tertiary/aromatic N) is 3. The number of carbonyl (C=O) groups is 1. The number of aromatic nitrogens is 2. The third kappa shape index (κ3) is 5.17. The molecule has 0 aliphatic heterocycles. The van der Waals surface area contributed by atoms with E-state index in [4.69, 9.17) is 9.26 Å². The van der Waals surface area contributed by atoms with Gasteiger partial charge in [-0.05, 0) is 36.8 Å². The van der Waals surface area contributed by atoms with Gasteiger partial charge in [-0.25, -0.2) is 0 Å². The van der Waals surface area contributed by atoms with Crippen molar-refractivity contribution in [3.05, 3.63) is 66.1 Å². The quantitative estimate of drug-likeness (QED) is 0.646. The summed E-state index contributed by atoms with van der Waals surface area (Å²) in [6.45, 7) is 2.14. The van der Waals surface area contributed by atoms with Crippen molar-refractivity contribution in [2.24, 2.45) is 0 Å². The number of carbonyl (C=O) groups excluding carboxylic acids is 1. The first-order valence-corrected chi connectivity index (χ1v) is 9.05. The molecule has 0 aliphatic carbocycles. The standard InChI is InChI=1S/C21H24N4O3/c1-15(22-19(26)14-27-13-16-7-5-4-6-8-16)21-23-20(24-28-21)17-9-11-18(12-10-17)25(2)3/h4-12,15H,13-14H2,1-3H3,(H,22,26)/t15-/m1/s1. The maximum absolute atomic E-state index is 12.1. The first-order valence-electron chi connectivity index (χ1n) is 9.05. The van der Waals surface area contributed by atoms with Crippen molar-refractivity contribution in [2.45, 2.75) is 19.6 Å². The summed E-state index contributed by atoms with van der Waals surface area (Å²) in [6.07, 6.45) is 0. The van der Waals surface area contributed by atoms with Crippen molar-refractivity contribution < 1.29 is 14.1 Å². The molecule has 1 N–H and O–H groups in total. The van der Waals surface area contributed by atoms with E-state index in [0.717, 1.165) is 16.8 Å². The highest BCUT2D eigenvalue weighted by Gasteiger charge is 2.17. The van der Waals surface area contributed by atoms with Gasteiger partial charge < -0.3 is 19.5 Å².